The molecule has 0 aromatic rings. The molecule has 120 valence electrons. The van der Waals surface area contributed by atoms with Crippen molar-refractivity contribution in [3.05, 3.63) is 0 Å². The maximum Gasteiger partial charge on any atom is 0.246 e. The van der Waals surface area contributed by atoms with E-state index in [0.29, 0.717) is 18.9 Å². The Morgan fingerprint density at radius 3 is 2.52 bits per heavy atom. The predicted octanol–water partition coefficient (Wildman–Crippen LogP) is 2.43. The second-order valence-corrected chi connectivity index (χ2v) is 7.44. The van der Waals surface area contributed by atoms with Crippen molar-refractivity contribution in [2.45, 2.75) is 64.0 Å². The summed E-state index contributed by atoms with van der Waals surface area (Å²) in [5.41, 5.74) is -0.683. The highest BCUT2D eigenvalue weighted by atomic mass is 32.2. The van der Waals surface area contributed by atoms with Gasteiger partial charge in [0.15, 0.2) is 0 Å². The third kappa shape index (κ3) is 3.22. The molecule has 2 amide bonds. The standard InChI is InChI=1S/C16H28N2O2S/c1-4-16(2)15(20)17-13(12-8-6-5-7-9-12)14(19)18(16)10-11-21-3/h12-13H,4-11H2,1-3H3,(H,17,20). The van der Waals surface area contributed by atoms with E-state index >= 15 is 0 Å². The summed E-state index contributed by atoms with van der Waals surface area (Å²) in [4.78, 5) is 27.4. The van der Waals surface area contributed by atoms with E-state index in [0.717, 1.165) is 18.6 Å². The summed E-state index contributed by atoms with van der Waals surface area (Å²) >= 11 is 1.72. The van der Waals surface area contributed by atoms with Crippen LogP contribution < -0.4 is 5.32 Å². The first-order valence-electron chi connectivity index (χ1n) is 8.16. The molecule has 1 saturated heterocycles. The number of piperazine rings is 1. The van der Waals surface area contributed by atoms with Crippen LogP contribution in [0.3, 0.4) is 0 Å². The lowest BCUT2D eigenvalue weighted by Crippen LogP contribution is -2.71. The minimum atomic E-state index is -0.683. The second kappa shape index (κ2) is 7.03. The monoisotopic (exact) mass is 312 g/mol. The Morgan fingerprint density at radius 2 is 1.95 bits per heavy atom. The van der Waals surface area contributed by atoms with E-state index in [4.69, 9.17) is 0 Å². The third-order valence-electron chi connectivity index (χ3n) is 5.23. The van der Waals surface area contributed by atoms with Gasteiger partial charge in [-0.2, -0.15) is 11.8 Å². The summed E-state index contributed by atoms with van der Waals surface area (Å²) in [5.74, 6) is 1.38. The van der Waals surface area contributed by atoms with Gasteiger partial charge in [0.05, 0.1) is 0 Å². The van der Waals surface area contributed by atoms with Crippen molar-refractivity contribution in [1.29, 1.82) is 0 Å². The number of rotatable bonds is 5. The van der Waals surface area contributed by atoms with Crippen molar-refractivity contribution >= 4 is 23.6 Å². The molecule has 4 nitrogen and oxygen atoms in total. The molecule has 0 bridgehead atoms. The highest BCUT2D eigenvalue weighted by Crippen LogP contribution is 2.32. The summed E-state index contributed by atoms with van der Waals surface area (Å²) in [5, 5.41) is 3.05. The molecule has 1 N–H and O–H groups in total. The zero-order valence-corrected chi connectivity index (χ0v) is 14.3. The molecule has 2 unspecified atom stereocenters. The maximum absolute atomic E-state index is 13.0. The molecule has 1 heterocycles. The number of hydrogen-bond acceptors (Lipinski definition) is 3. The van der Waals surface area contributed by atoms with E-state index in [1.807, 2.05) is 25.0 Å². The normalized spacial score (nSPS) is 31.4. The van der Waals surface area contributed by atoms with Crippen molar-refractivity contribution < 1.29 is 9.59 Å². The van der Waals surface area contributed by atoms with Crippen LogP contribution in [0.2, 0.25) is 0 Å². The summed E-state index contributed by atoms with van der Waals surface area (Å²) in [6.07, 6.45) is 8.45. The SMILES string of the molecule is CCC1(C)C(=O)NC(C2CCCCC2)C(=O)N1CCSC. The van der Waals surface area contributed by atoms with E-state index in [9.17, 15) is 9.59 Å². The number of amides is 2. The van der Waals surface area contributed by atoms with E-state index in [-0.39, 0.29) is 17.9 Å². The van der Waals surface area contributed by atoms with Gasteiger partial charge in [-0.25, -0.2) is 0 Å². The molecule has 2 aliphatic rings. The van der Waals surface area contributed by atoms with E-state index in [2.05, 4.69) is 5.32 Å². The van der Waals surface area contributed by atoms with Crippen LogP contribution in [0.1, 0.15) is 52.4 Å². The van der Waals surface area contributed by atoms with Gasteiger partial charge in [-0.3, -0.25) is 9.59 Å². The Morgan fingerprint density at radius 1 is 1.29 bits per heavy atom. The lowest BCUT2D eigenvalue weighted by atomic mass is 9.80. The number of thioether (sulfide) groups is 1. The highest BCUT2D eigenvalue weighted by Gasteiger charge is 2.49. The van der Waals surface area contributed by atoms with Gasteiger partial charge in [0.25, 0.3) is 0 Å². The molecule has 2 fully saturated rings. The first kappa shape index (κ1) is 16.7. The quantitative estimate of drug-likeness (QED) is 0.848. The van der Waals surface area contributed by atoms with Gasteiger partial charge in [-0.1, -0.05) is 26.2 Å². The molecule has 0 aromatic carbocycles. The number of hydrogen-bond donors (Lipinski definition) is 1. The Hall–Kier alpha value is -0.710. The molecule has 21 heavy (non-hydrogen) atoms. The molecule has 5 heteroatoms. The van der Waals surface area contributed by atoms with Gasteiger partial charge in [0.1, 0.15) is 11.6 Å². The Labute approximate surface area is 132 Å². The summed E-state index contributed by atoms with van der Waals surface area (Å²) in [6, 6.07) is -0.292. The molecule has 1 saturated carbocycles. The molecule has 2 rings (SSSR count). The maximum atomic E-state index is 13.0. The zero-order valence-electron chi connectivity index (χ0n) is 13.5. The van der Waals surface area contributed by atoms with Gasteiger partial charge in [0, 0.05) is 12.3 Å². The zero-order chi connectivity index (χ0) is 15.5. The molecule has 0 aromatic heterocycles. The number of nitrogens with zero attached hydrogens (tertiary/aromatic N) is 1. The summed E-state index contributed by atoms with van der Waals surface area (Å²) in [6.45, 7) is 4.55. The van der Waals surface area contributed by atoms with Gasteiger partial charge in [0.2, 0.25) is 11.8 Å². The van der Waals surface area contributed by atoms with Crippen LogP contribution in [0.5, 0.6) is 0 Å². The fourth-order valence-electron chi connectivity index (χ4n) is 3.57. The molecular weight excluding hydrogens is 284 g/mol. The Balaban J connectivity index is 2.19. The van der Waals surface area contributed by atoms with Crippen molar-refractivity contribution in [2.24, 2.45) is 5.92 Å². The number of carbonyl (C=O) groups is 2. The van der Waals surface area contributed by atoms with Crippen LogP contribution in [0.25, 0.3) is 0 Å². The third-order valence-corrected chi connectivity index (χ3v) is 5.82. The Bertz CT molecular complexity index is 396. The van der Waals surface area contributed by atoms with Crippen LogP contribution in [0, 0.1) is 5.92 Å². The minimum Gasteiger partial charge on any atom is -0.342 e. The van der Waals surface area contributed by atoms with Crippen LogP contribution in [-0.2, 0) is 9.59 Å². The molecule has 2 atom stereocenters. The summed E-state index contributed by atoms with van der Waals surface area (Å²) in [7, 11) is 0. The average Bonchev–Trinajstić information content (AvgIpc) is 2.51. The van der Waals surface area contributed by atoms with Crippen LogP contribution >= 0.6 is 11.8 Å². The molecule has 0 spiro atoms. The van der Waals surface area contributed by atoms with E-state index in [1.54, 1.807) is 11.8 Å². The fraction of sp³-hybridized carbons (Fsp3) is 0.875. The van der Waals surface area contributed by atoms with Crippen LogP contribution in [-0.4, -0.2) is 46.8 Å². The van der Waals surface area contributed by atoms with Crippen molar-refractivity contribution in [2.75, 3.05) is 18.6 Å². The number of nitrogens with one attached hydrogen (secondary N) is 1. The smallest absolute Gasteiger partial charge is 0.246 e. The molecular formula is C16H28N2O2S. The minimum absolute atomic E-state index is 0.0290. The predicted molar refractivity (Wildman–Crippen MR) is 87.3 cm³/mol. The first-order valence-corrected chi connectivity index (χ1v) is 9.55. The van der Waals surface area contributed by atoms with E-state index in [1.165, 1.54) is 19.3 Å². The molecule has 0 radical (unpaired) electrons. The van der Waals surface area contributed by atoms with Crippen molar-refractivity contribution in [3.63, 3.8) is 0 Å². The topological polar surface area (TPSA) is 49.4 Å². The van der Waals surface area contributed by atoms with E-state index < -0.39 is 5.54 Å². The molecule has 1 aliphatic heterocycles. The lowest BCUT2D eigenvalue weighted by molar-refractivity contribution is -0.158. The highest BCUT2D eigenvalue weighted by molar-refractivity contribution is 7.98. The second-order valence-electron chi connectivity index (χ2n) is 6.46. The Kier molecular flexibility index (Phi) is 5.58. The van der Waals surface area contributed by atoms with Gasteiger partial charge in [-0.05, 0) is 38.4 Å². The van der Waals surface area contributed by atoms with Gasteiger partial charge in [-0.15, -0.1) is 0 Å². The van der Waals surface area contributed by atoms with Gasteiger partial charge < -0.3 is 10.2 Å². The van der Waals surface area contributed by atoms with Crippen molar-refractivity contribution in [3.8, 4) is 0 Å². The van der Waals surface area contributed by atoms with Crippen molar-refractivity contribution in [1.82, 2.24) is 10.2 Å². The first-order chi connectivity index (χ1) is 10.0. The van der Waals surface area contributed by atoms with Gasteiger partial charge >= 0.3 is 0 Å². The van der Waals surface area contributed by atoms with Crippen LogP contribution in [0.15, 0.2) is 0 Å². The molecule has 1 aliphatic carbocycles. The van der Waals surface area contributed by atoms with Crippen LogP contribution in [0.4, 0.5) is 0 Å². The summed E-state index contributed by atoms with van der Waals surface area (Å²) < 4.78 is 0. The lowest BCUT2D eigenvalue weighted by Gasteiger charge is -2.48. The largest absolute Gasteiger partial charge is 0.342 e. The number of carbonyl (C=O) groups excluding carboxylic acids is 2. The average molecular weight is 312 g/mol. The fourth-order valence-corrected chi connectivity index (χ4v) is 3.94.